The van der Waals surface area contributed by atoms with Gasteiger partial charge >= 0.3 is 0 Å². The third-order valence-corrected chi connectivity index (χ3v) is 7.21. The van der Waals surface area contributed by atoms with Gasteiger partial charge in [0.25, 0.3) is 5.91 Å². The van der Waals surface area contributed by atoms with Gasteiger partial charge in [-0.05, 0) is 54.2 Å². The molecule has 1 saturated heterocycles. The average Bonchev–Trinajstić information content (AvgIpc) is 2.95. The number of nitrogens with one attached hydrogen (secondary N) is 1. The van der Waals surface area contributed by atoms with Gasteiger partial charge in [0.05, 0.1) is 13.2 Å². The zero-order chi connectivity index (χ0) is 27.3. The van der Waals surface area contributed by atoms with Gasteiger partial charge in [0.15, 0.2) is 0 Å². The molecule has 3 rings (SSSR count). The molecule has 0 aromatic heterocycles. The number of ether oxygens (including phenoxy) is 2. The van der Waals surface area contributed by atoms with E-state index in [9.17, 15) is 14.0 Å². The molecule has 208 valence electrons. The van der Waals surface area contributed by atoms with Crippen LogP contribution in [0.15, 0.2) is 42.5 Å². The maximum Gasteiger partial charge on any atom is 0.252 e. The molecule has 7 heteroatoms. The molecule has 2 amide bonds. The van der Waals surface area contributed by atoms with E-state index in [1.807, 2.05) is 42.2 Å². The second-order valence-corrected chi connectivity index (χ2v) is 9.95. The Morgan fingerprint density at radius 1 is 1.00 bits per heavy atom. The number of carbonyl (C=O) groups excluding carboxylic acids is 2. The highest BCUT2D eigenvalue weighted by molar-refractivity contribution is 5.81. The van der Waals surface area contributed by atoms with Gasteiger partial charge in [-0.15, -0.1) is 0 Å². The van der Waals surface area contributed by atoms with E-state index in [-0.39, 0.29) is 23.5 Å². The lowest BCUT2D eigenvalue weighted by atomic mass is 9.91. The van der Waals surface area contributed by atoms with Crippen LogP contribution in [0.5, 0.6) is 0 Å². The third-order valence-electron chi connectivity index (χ3n) is 7.21. The minimum Gasteiger partial charge on any atom is -0.378 e. The zero-order valence-electron chi connectivity index (χ0n) is 23.1. The van der Waals surface area contributed by atoms with Gasteiger partial charge in [-0.2, -0.15) is 0 Å². The third kappa shape index (κ3) is 8.63. The molecule has 1 heterocycles. The summed E-state index contributed by atoms with van der Waals surface area (Å²) in [4.78, 5) is 27.3. The summed E-state index contributed by atoms with van der Waals surface area (Å²) in [7, 11) is 1.64. The van der Waals surface area contributed by atoms with Crippen molar-refractivity contribution in [3.05, 3.63) is 59.4 Å². The lowest BCUT2D eigenvalue weighted by Gasteiger charge is -2.30. The minimum absolute atomic E-state index is 0.00256. The molecular weight excluding hydrogens is 483 g/mol. The van der Waals surface area contributed by atoms with E-state index in [0.717, 1.165) is 48.8 Å². The quantitative estimate of drug-likeness (QED) is 0.345. The highest BCUT2D eigenvalue weighted by Crippen LogP contribution is 2.26. The molecule has 0 spiro atoms. The average molecular weight is 527 g/mol. The first-order valence-corrected chi connectivity index (χ1v) is 14.0. The maximum atomic E-state index is 14.8. The lowest BCUT2D eigenvalue weighted by Crippen LogP contribution is -2.47. The van der Waals surface area contributed by atoms with Crippen molar-refractivity contribution in [1.29, 1.82) is 0 Å². The van der Waals surface area contributed by atoms with Crippen molar-refractivity contribution in [3.8, 4) is 11.1 Å². The van der Waals surface area contributed by atoms with E-state index in [2.05, 4.69) is 12.2 Å². The van der Waals surface area contributed by atoms with E-state index in [4.69, 9.17) is 9.47 Å². The molecule has 6 nitrogen and oxygen atoms in total. The molecule has 0 aliphatic carbocycles. The van der Waals surface area contributed by atoms with Crippen molar-refractivity contribution >= 4 is 11.8 Å². The van der Waals surface area contributed by atoms with Gasteiger partial charge in [-0.3, -0.25) is 9.59 Å². The summed E-state index contributed by atoms with van der Waals surface area (Å²) in [5, 5.41) is 2.75. The Balaban J connectivity index is 1.70. The number of morpholine rings is 1. The first-order valence-electron chi connectivity index (χ1n) is 14.0. The maximum absolute atomic E-state index is 14.8. The van der Waals surface area contributed by atoms with Crippen LogP contribution in [-0.2, 0) is 31.9 Å². The molecule has 0 saturated carbocycles. The van der Waals surface area contributed by atoms with Gasteiger partial charge in [0.1, 0.15) is 11.9 Å². The first-order chi connectivity index (χ1) is 18.5. The van der Waals surface area contributed by atoms with Crippen molar-refractivity contribution in [2.24, 2.45) is 5.92 Å². The van der Waals surface area contributed by atoms with Gasteiger partial charge in [0.2, 0.25) is 5.91 Å². The molecule has 1 aliphatic rings. The highest BCUT2D eigenvalue weighted by Gasteiger charge is 2.26. The second-order valence-electron chi connectivity index (χ2n) is 9.95. The van der Waals surface area contributed by atoms with E-state index >= 15 is 0 Å². The van der Waals surface area contributed by atoms with Crippen LogP contribution in [-0.4, -0.2) is 62.8 Å². The van der Waals surface area contributed by atoms with E-state index in [1.165, 1.54) is 6.07 Å². The number of halogens is 1. The molecular formula is C31H43FN2O4. The molecule has 38 heavy (non-hydrogen) atoms. The Kier molecular flexibility index (Phi) is 12.2. The van der Waals surface area contributed by atoms with Crippen LogP contribution in [0.1, 0.15) is 57.1 Å². The Hall–Kier alpha value is -2.77. The molecule has 1 aliphatic heterocycles. The lowest BCUT2D eigenvalue weighted by molar-refractivity contribution is -0.147. The molecule has 0 radical (unpaired) electrons. The van der Waals surface area contributed by atoms with Crippen molar-refractivity contribution in [2.45, 2.75) is 64.9 Å². The number of benzene rings is 2. The van der Waals surface area contributed by atoms with Gasteiger partial charge in [0, 0.05) is 39.1 Å². The summed E-state index contributed by atoms with van der Waals surface area (Å²) < 4.78 is 25.9. The van der Waals surface area contributed by atoms with E-state index < -0.39 is 6.10 Å². The second kappa shape index (κ2) is 15.6. The van der Waals surface area contributed by atoms with Gasteiger partial charge < -0.3 is 19.7 Å². The summed E-state index contributed by atoms with van der Waals surface area (Å²) in [6.07, 6.45) is 5.42. The molecule has 2 aromatic carbocycles. The first kappa shape index (κ1) is 29.8. The summed E-state index contributed by atoms with van der Waals surface area (Å²) >= 11 is 0. The predicted molar refractivity (Wildman–Crippen MR) is 148 cm³/mol. The number of carbonyl (C=O) groups is 2. The Morgan fingerprint density at radius 3 is 2.37 bits per heavy atom. The van der Waals surface area contributed by atoms with Crippen molar-refractivity contribution in [1.82, 2.24) is 10.2 Å². The SMILES string of the molecule is CCCCCCC(Cc1cc(-c2ccc(CC(OCC)C(=O)N3CCOCC3)cc2)ccc1F)C(=O)NC. The topological polar surface area (TPSA) is 67.9 Å². The van der Waals surface area contributed by atoms with Crippen molar-refractivity contribution in [2.75, 3.05) is 40.0 Å². The van der Waals surface area contributed by atoms with E-state index in [0.29, 0.717) is 51.3 Å². The normalized spacial score (nSPS) is 15.2. The number of amides is 2. The van der Waals surface area contributed by atoms with Crippen LogP contribution in [0.4, 0.5) is 4.39 Å². The zero-order valence-corrected chi connectivity index (χ0v) is 23.1. The fourth-order valence-electron chi connectivity index (χ4n) is 4.98. The molecule has 1 fully saturated rings. The number of hydrogen-bond donors (Lipinski definition) is 1. The number of rotatable bonds is 14. The van der Waals surface area contributed by atoms with Crippen LogP contribution >= 0.6 is 0 Å². The smallest absolute Gasteiger partial charge is 0.252 e. The van der Waals surface area contributed by atoms with Crippen LogP contribution in [0.3, 0.4) is 0 Å². The largest absolute Gasteiger partial charge is 0.378 e. The fourth-order valence-corrected chi connectivity index (χ4v) is 4.98. The van der Waals surface area contributed by atoms with Crippen LogP contribution in [0.25, 0.3) is 11.1 Å². The molecule has 0 bridgehead atoms. The van der Waals surface area contributed by atoms with Crippen molar-refractivity contribution in [3.63, 3.8) is 0 Å². The summed E-state index contributed by atoms with van der Waals surface area (Å²) in [6, 6.07) is 13.1. The standard InChI is InChI=1S/C31H43FN2O4/c1-4-6-7-8-9-26(30(35)33-3)22-27-21-25(14-15-28(27)32)24-12-10-23(11-13-24)20-29(38-5-2)31(36)34-16-18-37-19-17-34/h10-15,21,26,29H,4-9,16-20,22H2,1-3H3,(H,33,35). The monoisotopic (exact) mass is 526 g/mol. The molecule has 2 aromatic rings. The summed E-state index contributed by atoms with van der Waals surface area (Å²) in [5.74, 6) is -0.564. The number of unbranched alkanes of at least 4 members (excludes halogenated alkanes) is 3. The minimum atomic E-state index is -0.527. The van der Waals surface area contributed by atoms with Crippen LogP contribution < -0.4 is 5.32 Å². The molecule has 1 N–H and O–H groups in total. The van der Waals surface area contributed by atoms with Crippen LogP contribution in [0, 0.1) is 11.7 Å². The predicted octanol–water partition coefficient (Wildman–Crippen LogP) is 5.17. The summed E-state index contributed by atoms with van der Waals surface area (Å²) in [5.41, 5.74) is 3.42. The molecule has 2 atom stereocenters. The number of hydrogen-bond acceptors (Lipinski definition) is 4. The summed E-state index contributed by atoms with van der Waals surface area (Å²) in [6.45, 7) is 6.82. The van der Waals surface area contributed by atoms with E-state index in [1.54, 1.807) is 13.1 Å². The Bertz CT molecular complexity index is 1020. The number of nitrogens with zero attached hydrogens (tertiary/aromatic N) is 1. The Morgan fingerprint density at radius 2 is 1.71 bits per heavy atom. The van der Waals surface area contributed by atoms with Crippen molar-refractivity contribution < 1.29 is 23.5 Å². The highest BCUT2D eigenvalue weighted by atomic mass is 19.1. The van der Waals surface area contributed by atoms with Gasteiger partial charge in [-0.1, -0.05) is 62.9 Å². The van der Waals surface area contributed by atoms with Gasteiger partial charge in [-0.25, -0.2) is 4.39 Å². The van der Waals surface area contributed by atoms with Crippen LogP contribution in [0.2, 0.25) is 0 Å². The Labute approximate surface area is 226 Å². The fraction of sp³-hybridized carbons (Fsp3) is 0.548. The molecule has 2 unspecified atom stereocenters.